The van der Waals surface area contributed by atoms with Gasteiger partial charge >= 0.3 is 0 Å². The molecule has 3 aromatic rings. The van der Waals surface area contributed by atoms with Gasteiger partial charge in [-0.15, -0.1) is 0 Å². The van der Waals surface area contributed by atoms with E-state index in [4.69, 9.17) is 9.47 Å². The number of benzene rings is 3. The van der Waals surface area contributed by atoms with Gasteiger partial charge in [-0.3, -0.25) is 4.79 Å². The van der Waals surface area contributed by atoms with Crippen molar-refractivity contribution in [2.24, 2.45) is 11.8 Å². The predicted molar refractivity (Wildman–Crippen MR) is 166 cm³/mol. The molecule has 43 heavy (non-hydrogen) atoms. The number of carbonyl (C=O) groups is 1. The molecule has 0 aromatic heterocycles. The molecule has 6 rings (SSSR count). The minimum Gasteiger partial charge on any atom is -0.497 e. The van der Waals surface area contributed by atoms with Crippen molar-refractivity contribution in [2.75, 3.05) is 46.9 Å². The van der Waals surface area contributed by atoms with Crippen molar-refractivity contribution in [2.45, 2.75) is 49.2 Å². The number of hydrogen-bond donors (Lipinski definition) is 2. The molecule has 0 spiro atoms. The molecule has 0 bridgehead atoms. The lowest BCUT2D eigenvalue weighted by atomic mass is 9.51. The van der Waals surface area contributed by atoms with Crippen LogP contribution in [0.3, 0.4) is 0 Å². The lowest BCUT2D eigenvalue weighted by molar-refractivity contribution is -0.168. The third-order valence-corrected chi connectivity index (χ3v) is 10.4. The van der Waals surface area contributed by atoms with E-state index in [-0.39, 0.29) is 18.2 Å². The molecule has 228 valence electrons. The monoisotopic (exact) mass is 584 g/mol. The van der Waals surface area contributed by atoms with Gasteiger partial charge in [0, 0.05) is 36.4 Å². The average molecular weight is 585 g/mol. The molecule has 1 saturated carbocycles. The molecule has 0 radical (unpaired) electrons. The SMILES string of the molecule is COc1ccc(OC)c([C@@]2(O)[C@H](O)CC(c3ccccc3)(c3ccccc3)[C@@H]3CN(C(=O)CCCN4CCCC4)C[C@@H]32)c1. The molecule has 3 fully saturated rings. The van der Waals surface area contributed by atoms with Crippen LogP contribution in [0.1, 0.15) is 48.8 Å². The Balaban J connectivity index is 1.44. The summed E-state index contributed by atoms with van der Waals surface area (Å²) in [6.07, 6.45) is 2.92. The summed E-state index contributed by atoms with van der Waals surface area (Å²) < 4.78 is 11.3. The lowest BCUT2D eigenvalue weighted by Gasteiger charge is -2.55. The summed E-state index contributed by atoms with van der Waals surface area (Å²) in [5.41, 5.74) is 0.379. The third-order valence-electron chi connectivity index (χ3n) is 10.4. The van der Waals surface area contributed by atoms with Crippen LogP contribution in [0.25, 0.3) is 0 Å². The fourth-order valence-corrected chi connectivity index (χ4v) is 8.24. The number of likely N-dealkylation sites (tertiary alicyclic amines) is 2. The molecule has 2 aliphatic heterocycles. The van der Waals surface area contributed by atoms with Crippen LogP contribution in [0.4, 0.5) is 0 Å². The highest BCUT2D eigenvalue weighted by Crippen LogP contribution is 2.60. The molecule has 0 unspecified atom stereocenters. The fraction of sp³-hybridized carbons (Fsp3) is 0.472. The molecule has 1 aliphatic carbocycles. The van der Waals surface area contributed by atoms with E-state index in [2.05, 4.69) is 29.2 Å². The Labute approximate surface area is 255 Å². The second-order valence-electron chi connectivity index (χ2n) is 12.5. The van der Waals surface area contributed by atoms with Crippen LogP contribution in [0.5, 0.6) is 11.5 Å². The summed E-state index contributed by atoms with van der Waals surface area (Å²) >= 11 is 0. The van der Waals surface area contributed by atoms with Gasteiger partial charge in [0.2, 0.25) is 5.91 Å². The summed E-state index contributed by atoms with van der Waals surface area (Å²) in [5, 5.41) is 25.0. The van der Waals surface area contributed by atoms with Crippen LogP contribution >= 0.6 is 0 Å². The molecule has 1 amide bonds. The molecule has 3 aliphatic rings. The maximum absolute atomic E-state index is 13.8. The average Bonchev–Trinajstić information content (AvgIpc) is 3.75. The Kier molecular flexibility index (Phi) is 8.49. The van der Waals surface area contributed by atoms with E-state index in [9.17, 15) is 15.0 Å². The zero-order valence-electron chi connectivity index (χ0n) is 25.3. The van der Waals surface area contributed by atoms with Crippen molar-refractivity contribution in [1.82, 2.24) is 9.80 Å². The van der Waals surface area contributed by atoms with Crippen LogP contribution in [0.2, 0.25) is 0 Å². The smallest absolute Gasteiger partial charge is 0.222 e. The highest BCUT2D eigenvalue weighted by Gasteiger charge is 2.65. The first-order valence-corrected chi connectivity index (χ1v) is 15.7. The number of amides is 1. The van der Waals surface area contributed by atoms with Crippen molar-refractivity contribution >= 4 is 5.91 Å². The number of nitrogens with zero attached hydrogens (tertiary/aromatic N) is 2. The van der Waals surface area contributed by atoms with Gasteiger partial charge in [0.25, 0.3) is 0 Å². The van der Waals surface area contributed by atoms with E-state index < -0.39 is 23.0 Å². The maximum Gasteiger partial charge on any atom is 0.222 e. The quantitative estimate of drug-likeness (QED) is 0.383. The molecule has 4 atom stereocenters. The zero-order valence-corrected chi connectivity index (χ0v) is 25.3. The fourth-order valence-electron chi connectivity index (χ4n) is 8.24. The standard InChI is InChI=1S/C36H44N2O5/c1-42-28-17-18-32(43-2)29(22-28)36(41)31-25-38(34(40)16-11-21-37-19-9-10-20-37)24-30(31)35(23-33(36)39,26-12-5-3-6-13-26)27-14-7-4-8-15-27/h3-8,12-15,17-18,22,30-31,33,39,41H,9-11,16,19-21,23-25H2,1-2H3/t30-,31+,33-,36+/m1/s1. The van der Waals surface area contributed by atoms with E-state index in [1.54, 1.807) is 32.4 Å². The van der Waals surface area contributed by atoms with Gasteiger partial charge in [-0.1, -0.05) is 60.7 Å². The summed E-state index contributed by atoms with van der Waals surface area (Å²) in [4.78, 5) is 18.2. The number of ether oxygens (including phenoxy) is 2. The largest absolute Gasteiger partial charge is 0.497 e. The first kappa shape index (κ1) is 29.7. The number of aliphatic hydroxyl groups is 2. The van der Waals surface area contributed by atoms with E-state index in [0.717, 1.165) is 37.2 Å². The van der Waals surface area contributed by atoms with E-state index >= 15 is 0 Å². The Morgan fingerprint density at radius 2 is 1.51 bits per heavy atom. The van der Waals surface area contributed by atoms with Crippen LogP contribution < -0.4 is 9.47 Å². The number of fused-ring (bicyclic) bond motifs is 1. The number of aliphatic hydroxyl groups excluding tert-OH is 1. The van der Waals surface area contributed by atoms with Crippen molar-refractivity contribution in [3.8, 4) is 11.5 Å². The van der Waals surface area contributed by atoms with Crippen LogP contribution in [-0.4, -0.2) is 79.0 Å². The van der Waals surface area contributed by atoms with Crippen LogP contribution in [-0.2, 0) is 15.8 Å². The second kappa shape index (κ2) is 12.3. The van der Waals surface area contributed by atoms with Gasteiger partial charge in [0.05, 0.1) is 20.3 Å². The molecular weight excluding hydrogens is 540 g/mol. The minimum absolute atomic E-state index is 0.109. The normalized spacial score (nSPS) is 26.7. The van der Waals surface area contributed by atoms with Gasteiger partial charge in [-0.05, 0) is 80.6 Å². The number of hydrogen-bond acceptors (Lipinski definition) is 6. The Morgan fingerprint density at radius 3 is 2.12 bits per heavy atom. The number of carbonyl (C=O) groups excluding carboxylic acids is 1. The van der Waals surface area contributed by atoms with E-state index in [1.165, 1.54) is 12.8 Å². The Hall–Kier alpha value is -3.39. The van der Waals surface area contributed by atoms with Crippen molar-refractivity contribution in [3.05, 3.63) is 95.6 Å². The first-order chi connectivity index (χ1) is 20.9. The van der Waals surface area contributed by atoms with E-state index in [0.29, 0.717) is 36.6 Å². The van der Waals surface area contributed by atoms with Gasteiger partial charge in [0.1, 0.15) is 17.1 Å². The summed E-state index contributed by atoms with van der Waals surface area (Å²) in [6, 6.07) is 25.9. The Bertz CT molecular complexity index is 1350. The number of methoxy groups -OCH3 is 2. The highest BCUT2D eigenvalue weighted by molar-refractivity contribution is 5.76. The molecule has 2 heterocycles. The summed E-state index contributed by atoms with van der Waals surface area (Å²) in [7, 11) is 3.16. The van der Waals surface area contributed by atoms with Gasteiger partial charge in [-0.2, -0.15) is 0 Å². The van der Waals surface area contributed by atoms with Gasteiger partial charge in [-0.25, -0.2) is 0 Å². The zero-order chi connectivity index (χ0) is 30.0. The van der Waals surface area contributed by atoms with Crippen LogP contribution in [0.15, 0.2) is 78.9 Å². The number of rotatable bonds is 9. The molecule has 3 aromatic carbocycles. The second-order valence-corrected chi connectivity index (χ2v) is 12.5. The van der Waals surface area contributed by atoms with Crippen molar-refractivity contribution in [3.63, 3.8) is 0 Å². The maximum atomic E-state index is 13.8. The minimum atomic E-state index is -1.66. The molecule has 2 N–H and O–H groups in total. The predicted octanol–water partition coefficient (Wildman–Crippen LogP) is 4.59. The Morgan fingerprint density at radius 1 is 0.884 bits per heavy atom. The van der Waals surface area contributed by atoms with Gasteiger partial charge < -0.3 is 29.5 Å². The summed E-state index contributed by atoms with van der Waals surface area (Å²) in [5.74, 6) is 0.551. The molecule has 7 heteroatoms. The van der Waals surface area contributed by atoms with Crippen molar-refractivity contribution in [1.29, 1.82) is 0 Å². The molecule has 2 saturated heterocycles. The highest BCUT2D eigenvalue weighted by atomic mass is 16.5. The van der Waals surface area contributed by atoms with E-state index in [1.807, 2.05) is 41.3 Å². The summed E-state index contributed by atoms with van der Waals surface area (Å²) in [6.45, 7) is 4.02. The molecule has 7 nitrogen and oxygen atoms in total. The molecular formula is C36H44N2O5. The lowest BCUT2D eigenvalue weighted by Crippen LogP contribution is -2.60. The van der Waals surface area contributed by atoms with Crippen molar-refractivity contribution < 1.29 is 24.5 Å². The van der Waals surface area contributed by atoms with Gasteiger partial charge in [0.15, 0.2) is 0 Å². The van der Waals surface area contributed by atoms with Crippen LogP contribution in [0, 0.1) is 11.8 Å². The third kappa shape index (κ3) is 5.22. The first-order valence-electron chi connectivity index (χ1n) is 15.7. The topological polar surface area (TPSA) is 82.5 Å².